The Bertz CT molecular complexity index is 497. The lowest BCUT2D eigenvalue weighted by Gasteiger charge is -2.25. The second-order valence-electron chi connectivity index (χ2n) is 5.56. The molecular weight excluding hydrogens is 274 g/mol. The topological polar surface area (TPSA) is 88.5 Å². The maximum atomic E-state index is 12.5. The Morgan fingerprint density at radius 1 is 1.25 bits per heavy atom. The van der Waals surface area contributed by atoms with Gasteiger partial charge < -0.3 is 21.3 Å². The molecular formula is C13H21N5OS. The third-order valence-electron chi connectivity index (χ3n) is 3.97. The predicted octanol–water partition coefficient (Wildman–Crippen LogP) is 0.889. The van der Waals surface area contributed by atoms with E-state index in [2.05, 4.69) is 9.88 Å². The van der Waals surface area contributed by atoms with E-state index in [1.807, 2.05) is 0 Å². The summed E-state index contributed by atoms with van der Waals surface area (Å²) in [4.78, 5) is 21.4. The largest absolute Gasteiger partial charge is 0.382 e. The average molecular weight is 295 g/mol. The second-order valence-corrected chi connectivity index (χ2v) is 6.54. The van der Waals surface area contributed by atoms with Crippen molar-refractivity contribution in [2.45, 2.75) is 31.7 Å². The minimum absolute atomic E-state index is 0.0174. The molecule has 2 fully saturated rings. The van der Waals surface area contributed by atoms with Gasteiger partial charge in [0.25, 0.3) is 5.91 Å². The van der Waals surface area contributed by atoms with Gasteiger partial charge in [0.2, 0.25) is 0 Å². The van der Waals surface area contributed by atoms with Crippen LogP contribution in [0.3, 0.4) is 0 Å². The van der Waals surface area contributed by atoms with Gasteiger partial charge in [-0.2, -0.15) is 0 Å². The molecule has 0 aliphatic carbocycles. The highest BCUT2D eigenvalue weighted by molar-refractivity contribution is 7.18. The van der Waals surface area contributed by atoms with Gasteiger partial charge in [-0.05, 0) is 25.7 Å². The molecule has 2 saturated heterocycles. The lowest BCUT2D eigenvalue weighted by Crippen LogP contribution is -2.31. The van der Waals surface area contributed by atoms with E-state index in [4.69, 9.17) is 11.5 Å². The van der Waals surface area contributed by atoms with Gasteiger partial charge in [-0.3, -0.25) is 4.79 Å². The van der Waals surface area contributed by atoms with Crippen LogP contribution in [-0.4, -0.2) is 48.0 Å². The Morgan fingerprint density at radius 2 is 2.00 bits per heavy atom. The highest BCUT2D eigenvalue weighted by Crippen LogP contribution is 2.31. The van der Waals surface area contributed by atoms with Gasteiger partial charge in [-0.15, -0.1) is 0 Å². The number of hydrogen-bond acceptors (Lipinski definition) is 6. The fraction of sp³-hybridized carbons (Fsp3) is 0.692. The van der Waals surface area contributed by atoms with Crippen molar-refractivity contribution in [2.24, 2.45) is 5.73 Å². The van der Waals surface area contributed by atoms with E-state index in [1.165, 1.54) is 30.6 Å². The highest BCUT2D eigenvalue weighted by Gasteiger charge is 2.28. The van der Waals surface area contributed by atoms with Crippen molar-refractivity contribution in [1.29, 1.82) is 0 Å². The lowest BCUT2D eigenvalue weighted by molar-refractivity contribution is 0.0796. The van der Waals surface area contributed by atoms with Crippen molar-refractivity contribution in [2.75, 3.05) is 36.8 Å². The zero-order valence-corrected chi connectivity index (χ0v) is 12.4. The molecule has 1 amide bonds. The molecule has 4 N–H and O–H groups in total. The van der Waals surface area contributed by atoms with Crippen LogP contribution < -0.4 is 16.4 Å². The zero-order chi connectivity index (χ0) is 14.1. The third kappa shape index (κ3) is 2.60. The van der Waals surface area contributed by atoms with E-state index in [-0.39, 0.29) is 11.9 Å². The fourth-order valence-electron chi connectivity index (χ4n) is 2.81. The first-order valence-corrected chi connectivity index (χ1v) is 8.03. The molecule has 1 atom stereocenters. The molecule has 110 valence electrons. The Balaban J connectivity index is 1.76. The maximum absolute atomic E-state index is 12.5. The van der Waals surface area contributed by atoms with Gasteiger partial charge in [0, 0.05) is 32.2 Å². The van der Waals surface area contributed by atoms with Crippen LogP contribution in [0.5, 0.6) is 0 Å². The van der Waals surface area contributed by atoms with Crippen molar-refractivity contribution < 1.29 is 4.79 Å². The summed E-state index contributed by atoms with van der Waals surface area (Å²) in [7, 11) is 0. The number of rotatable bonds is 2. The van der Waals surface area contributed by atoms with Gasteiger partial charge >= 0.3 is 0 Å². The summed E-state index contributed by atoms with van der Waals surface area (Å²) in [6.45, 7) is 3.36. The fourth-order valence-corrected chi connectivity index (χ4v) is 3.81. The van der Waals surface area contributed by atoms with E-state index in [0.717, 1.165) is 31.2 Å². The summed E-state index contributed by atoms with van der Waals surface area (Å²) < 4.78 is 0. The molecule has 7 heteroatoms. The number of hydrogen-bond donors (Lipinski definition) is 2. The van der Waals surface area contributed by atoms with Gasteiger partial charge in [0.15, 0.2) is 5.13 Å². The normalized spacial score (nSPS) is 23.4. The molecule has 1 unspecified atom stereocenters. The summed E-state index contributed by atoms with van der Waals surface area (Å²) in [5.74, 6) is 0.345. The van der Waals surface area contributed by atoms with Crippen LogP contribution in [0.4, 0.5) is 10.9 Å². The molecule has 1 aromatic rings. The number of carbonyl (C=O) groups is 1. The predicted molar refractivity (Wildman–Crippen MR) is 81.1 cm³/mol. The summed E-state index contributed by atoms with van der Waals surface area (Å²) >= 11 is 1.42. The smallest absolute Gasteiger partial charge is 0.267 e. The molecule has 0 saturated carbocycles. The Morgan fingerprint density at radius 3 is 2.65 bits per heavy atom. The van der Waals surface area contributed by atoms with Crippen molar-refractivity contribution in [3.63, 3.8) is 0 Å². The number of nitrogen functional groups attached to an aromatic ring is 1. The molecule has 0 bridgehead atoms. The summed E-state index contributed by atoms with van der Waals surface area (Å²) in [5.41, 5.74) is 11.8. The van der Waals surface area contributed by atoms with Crippen LogP contribution in [0, 0.1) is 0 Å². The molecule has 2 aliphatic rings. The van der Waals surface area contributed by atoms with Crippen LogP contribution >= 0.6 is 11.3 Å². The summed E-state index contributed by atoms with van der Waals surface area (Å²) in [6, 6.07) is 0.0923. The number of nitrogens with zero attached hydrogens (tertiary/aromatic N) is 3. The molecule has 6 nitrogen and oxygen atoms in total. The first-order chi connectivity index (χ1) is 9.65. The Kier molecular flexibility index (Phi) is 3.80. The number of thiazole rings is 1. The van der Waals surface area contributed by atoms with Crippen LogP contribution in [0.25, 0.3) is 0 Å². The summed E-state index contributed by atoms with van der Waals surface area (Å²) in [5, 5.41) is 0.883. The molecule has 20 heavy (non-hydrogen) atoms. The van der Waals surface area contributed by atoms with E-state index in [9.17, 15) is 4.79 Å². The van der Waals surface area contributed by atoms with E-state index in [1.54, 1.807) is 4.90 Å². The highest BCUT2D eigenvalue weighted by atomic mass is 32.1. The molecule has 0 spiro atoms. The SMILES string of the molecule is Nc1nc(N2CCCCC2)sc1C(=O)N1CCC(N)C1. The Labute approximate surface area is 122 Å². The first-order valence-electron chi connectivity index (χ1n) is 7.21. The standard InChI is InChI=1S/C13H21N5OS/c14-9-4-7-18(8-9)12(19)10-11(15)16-13(20-10)17-5-2-1-3-6-17/h9H,1-8,14-15H2. The monoisotopic (exact) mass is 295 g/mol. The molecule has 1 aromatic heterocycles. The van der Waals surface area contributed by atoms with Crippen LogP contribution in [0.1, 0.15) is 35.4 Å². The second kappa shape index (κ2) is 5.57. The van der Waals surface area contributed by atoms with Crippen LogP contribution in [-0.2, 0) is 0 Å². The van der Waals surface area contributed by atoms with E-state index >= 15 is 0 Å². The number of aromatic nitrogens is 1. The minimum Gasteiger partial charge on any atom is -0.382 e. The molecule has 3 rings (SSSR count). The van der Waals surface area contributed by atoms with Crippen LogP contribution in [0.2, 0.25) is 0 Å². The van der Waals surface area contributed by atoms with Crippen molar-refractivity contribution in [1.82, 2.24) is 9.88 Å². The van der Waals surface area contributed by atoms with Gasteiger partial charge in [-0.25, -0.2) is 4.98 Å². The van der Waals surface area contributed by atoms with Gasteiger partial charge in [0.1, 0.15) is 10.7 Å². The van der Waals surface area contributed by atoms with Crippen molar-refractivity contribution >= 4 is 28.2 Å². The van der Waals surface area contributed by atoms with Crippen LogP contribution in [0.15, 0.2) is 0 Å². The van der Waals surface area contributed by atoms with Crippen molar-refractivity contribution in [3.05, 3.63) is 4.88 Å². The summed E-state index contributed by atoms with van der Waals surface area (Å²) in [6.07, 6.45) is 4.51. The van der Waals surface area contributed by atoms with E-state index in [0.29, 0.717) is 17.2 Å². The molecule has 0 aromatic carbocycles. The number of carbonyl (C=O) groups excluding carboxylic acids is 1. The Hall–Kier alpha value is -1.34. The number of likely N-dealkylation sites (tertiary alicyclic amines) is 1. The lowest BCUT2D eigenvalue weighted by atomic mass is 10.1. The number of piperidine rings is 1. The third-order valence-corrected chi connectivity index (χ3v) is 5.09. The average Bonchev–Trinajstić information content (AvgIpc) is 3.05. The van der Waals surface area contributed by atoms with E-state index < -0.39 is 0 Å². The molecule has 3 heterocycles. The first kappa shape index (κ1) is 13.6. The van der Waals surface area contributed by atoms with Gasteiger partial charge in [-0.1, -0.05) is 11.3 Å². The molecule has 2 aliphatic heterocycles. The minimum atomic E-state index is -0.0174. The van der Waals surface area contributed by atoms with Crippen molar-refractivity contribution in [3.8, 4) is 0 Å². The molecule has 0 radical (unpaired) electrons. The number of anilines is 2. The quantitative estimate of drug-likeness (QED) is 0.846. The number of nitrogens with two attached hydrogens (primary N) is 2. The zero-order valence-electron chi connectivity index (χ0n) is 11.5. The van der Waals surface area contributed by atoms with Gasteiger partial charge in [0.05, 0.1) is 0 Å². The number of amides is 1. The maximum Gasteiger partial charge on any atom is 0.267 e.